The normalized spacial score (nSPS) is 32.8. The first-order valence-corrected chi connectivity index (χ1v) is 21.3. The summed E-state index contributed by atoms with van der Waals surface area (Å²) in [4.78, 5) is 12.8. The van der Waals surface area contributed by atoms with E-state index in [-0.39, 0.29) is 18.2 Å². The van der Waals surface area contributed by atoms with Gasteiger partial charge in [-0.3, -0.25) is 4.79 Å². The molecule has 4 rings (SSSR count). The molecule has 4 aliphatic carbocycles. The van der Waals surface area contributed by atoms with Crippen LogP contribution in [0.2, 0.25) is 0 Å². The number of rotatable bonds is 21. The SMILES string of the molecule is CCCCCC[C@@H](O)CC=CCCCCCCCC(=O)OC1CC[C@@]2(C)C(=CCC3C2CC[C@@]2(C)C3CC[C@@H]2[C@H](C)CCCC(C)C)C1. The first kappa shape index (κ1) is 39.7. The second-order valence-electron chi connectivity index (χ2n) is 18.2. The van der Waals surface area contributed by atoms with E-state index < -0.39 is 0 Å². The van der Waals surface area contributed by atoms with Crippen molar-refractivity contribution in [2.45, 2.75) is 208 Å². The Kier molecular flexibility index (Phi) is 16.1. The van der Waals surface area contributed by atoms with Crippen molar-refractivity contribution in [1.82, 2.24) is 0 Å². The van der Waals surface area contributed by atoms with Crippen molar-refractivity contribution in [3.8, 4) is 0 Å². The Bertz CT molecular complexity index is 1010. The van der Waals surface area contributed by atoms with Gasteiger partial charge in [0, 0.05) is 12.8 Å². The Labute approximate surface area is 297 Å². The summed E-state index contributed by atoms with van der Waals surface area (Å²) in [5.41, 5.74) is 2.49. The molecule has 0 amide bonds. The van der Waals surface area contributed by atoms with E-state index in [2.05, 4.69) is 59.8 Å². The quantitative estimate of drug-likeness (QED) is 0.0753. The summed E-state index contributed by atoms with van der Waals surface area (Å²) in [6.45, 7) is 14.8. The van der Waals surface area contributed by atoms with Crippen LogP contribution < -0.4 is 0 Å². The van der Waals surface area contributed by atoms with Crippen molar-refractivity contribution in [3.05, 3.63) is 23.8 Å². The number of unbranched alkanes of at least 4 members (excludes halogenated alkanes) is 8. The van der Waals surface area contributed by atoms with Gasteiger partial charge >= 0.3 is 5.97 Å². The Hall–Kier alpha value is -1.09. The number of carbonyl (C=O) groups is 1. The molecule has 0 saturated heterocycles. The number of aliphatic hydroxyl groups is 1. The molecular formula is C45H78O3. The van der Waals surface area contributed by atoms with Crippen molar-refractivity contribution in [2.75, 3.05) is 0 Å². The second kappa shape index (κ2) is 19.5. The fourth-order valence-electron chi connectivity index (χ4n) is 11.4. The summed E-state index contributed by atoms with van der Waals surface area (Å²) >= 11 is 0. The van der Waals surface area contributed by atoms with Crippen LogP contribution in [0.4, 0.5) is 0 Å². The number of hydrogen-bond donors (Lipinski definition) is 1. The topological polar surface area (TPSA) is 46.5 Å². The van der Waals surface area contributed by atoms with Gasteiger partial charge in [0.1, 0.15) is 6.10 Å². The van der Waals surface area contributed by atoms with Crippen molar-refractivity contribution < 1.29 is 14.6 Å². The molecule has 48 heavy (non-hydrogen) atoms. The van der Waals surface area contributed by atoms with Gasteiger partial charge in [-0.2, -0.15) is 0 Å². The lowest BCUT2D eigenvalue weighted by Crippen LogP contribution is -2.51. The van der Waals surface area contributed by atoms with Crippen LogP contribution in [0, 0.1) is 46.3 Å². The number of fused-ring (bicyclic) bond motifs is 5. The first-order chi connectivity index (χ1) is 23.1. The summed E-state index contributed by atoms with van der Waals surface area (Å²) in [7, 11) is 0. The Balaban J connectivity index is 1.12. The van der Waals surface area contributed by atoms with Gasteiger partial charge in [-0.15, -0.1) is 0 Å². The molecular weight excluding hydrogens is 588 g/mol. The van der Waals surface area contributed by atoms with Gasteiger partial charge < -0.3 is 9.84 Å². The van der Waals surface area contributed by atoms with Gasteiger partial charge in [0.05, 0.1) is 6.10 Å². The first-order valence-electron chi connectivity index (χ1n) is 21.3. The van der Waals surface area contributed by atoms with E-state index in [0.717, 1.165) is 86.9 Å². The molecule has 3 heteroatoms. The molecule has 0 radical (unpaired) electrons. The van der Waals surface area contributed by atoms with E-state index in [0.29, 0.717) is 17.3 Å². The molecule has 3 nitrogen and oxygen atoms in total. The summed E-state index contributed by atoms with van der Waals surface area (Å²) in [6, 6.07) is 0. The molecule has 0 aromatic rings. The summed E-state index contributed by atoms with van der Waals surface area (Å²) in [5.74, 6) is 5.23. The molecule has 0 spiro atoms. The zero-order chi connectivity index (χ0) is 34.6. The number of hydrogen-bond acceptors (Lipinski definition) is 3. The second-order valence-corrected chi connectivity index (χ2v) is 18.2. The molecule has 276 valence electrons. The summed E-state index contributed by atoms with van der Waals surface area (Å²) < 4.78 is 6.11. The maximum Gasteiger partial charge on any atom is 0.306 e. The van der Waals surface area contributed by atoms with Gasteiger partial charge in [-0.05, 0) is 123 Å². The minimum atomic E-state index is -0.172. The van der Waals surface area contributed by atoms with E-state index in [1.807, 2.05) is 0 Å². The average Bonchev–Trinajstić information content (AvgIpc) is 3.41. The van der Waals surface area contributed by atoms with Crippen molar-refractivity contribution in [2.24, 2.45) is 46.3 Å². The standard InChI is InChI=1S/C45H78O3/c1-7-8-9-16-22-37(46)23-17-14-12-10-11-13-15-18-24-43(47)48-38-29-31-44(5)36(33-38)25-26-39-41-28-27-40(35(4)21-19-20-34(2)3)45(41,6)32-30-42(39)44/h14,17,25,34-35,37-42,46H,7-13,15-16,18-24,26-33H2,1-6H3/t35-,37-,38?,39?,40-,41?,42?,44+,45-/m1/s1. The largest absolute Gasteiger partial charge is 0.462 e. The molecule has 4 aliphatic rings. The highest BCUT2D eigenvalue weighted by Crippen LogP contribution is 2.67. The summed E-state index contributed by atoms with van der Waals surface area (Å²) in [6.07, 6.45) is 35.4. The van der Waals surface area contributed by atoms with E-state index in [9.17, 15) is 9.90 Å². The predicted octanol–water partition coefficient (Wildman–Crippen LogP) is 12.9. The fourth-order valence-corrected chi connectivity index (χ4v) is 11.4. The average molecular weight is 667 g/mol. The maximum atomic E-state index is 12.8. The van der Waals surface area contributed by atoms with Gasteiger partial charge in [-0.25, -0.2) is 0 Å². The molecule has 3 saturated carbocycles. The van der Waals surface area contributed by atoms with Crippen molar-refractivity contribution in [3.63, 3.8) is 0 Å². The van der Waals surface area contributed by atoms with Gasteiger partial charge in [-0.1, -0.05) is 130 Å². The number of allylic oxidation sites excluding steroid dienone is 2. The van der Waals surface area contributed by atoms with Crippen molar-refractivity contribution in [1.29, 1.82) is 0 Å². The third kappa shape index (κ3) is 10.7. The van der Waals surface area contributed by atoms with Crippen LogP contribution in [0.25, 0.3) is 0 Å². The molecule has 3 fully saturated rings. The van der Waals surface area contributed by atoms with E-state index in [1.165, 1.54) is 96.3 Å². The van der Waals surface area contributed by atoms with Crippen LogP contribution in [0.1, 0.15) is 196 Å². The van der Waals surface area contributed by atoms with Crippen LogP contribution >= 0.6 is 0 Å². The Morgan fingerprint density at radius 1 is 0.875 bits per heavy atom. The molecule has 0 bridgehead atoms. The third-order valence-corrected chi connectivity index (χ3v) is 14.3. The number of ether oxygens (including phenoxy) is 1. The predicted molar refractivity (Wildman–Crippen MR) is 204 cm³/mol. The van der Waals surface area contributed by atoms with Gasteiger partial charge in [0.2, 0.25) is 0 Å². The lowest BCUT2D eigenvalue weighted by molar-refractivity contribution is -0.151. The molecule has 0 aromatic carbocycles. The zero-order valence-corrected chi connectivity index (χ0v) is 32.6. The van der Waals surface area contributed by atoms with Gasteiger partial charge in [0.25, 0.3) is 0 Å². The molecule has 4 unspecified atom stereocenters. The van der Waals surface area contributed by atoms with E-state index in [1.54, 1.807) is 5.57 Å². The van der Waals surface area contributed by atoms with Crippen LogP contribution in [-0.4, -0.2) is 23.3 Å². The smallest absolute Gasteiger partial charge is 0.306 e. The monoisotopic (exact) mass is 667 g/mol. The maximum absolute atomic E-state index is 12.8. The molecule has 0 heterocycles. The summed E-state index contributed by atoms with van der Waals surface area (Å²) in [5, 5.41) is 10.1. The van der Waals surface area contributed by atoms with Gasteiger partial charge in [0.15, 0.2) is 0 Å². The highest BCUT2D eigenvalue weighted by Gasteiger charge is 2.59. The zero-order valence-electron chi connectivity index (χ0n) is 32.6. The van der Waals surface area contributed by atoms with Crippen molar-refractivity contribution >= 4 is 5.97 Å². The number of aliphatic hydroxyl groups excluding tert-OH is 1. The molecule has 0 aromatic heterocycles. The fraction of sp³-hybridized carbons (Fsp3) is 0.889. The minimum absolute atomic E-state index is 0.0296. The minimum Gasteiger partial charge on any atom is -0.462 e. The highest BCUT2D eigenvalue weighted by atomic mass is 16.5. The number of esters is 1. The van der Waals surface area contributed by atoms with Crippen LogP contribution in [-0.2, 0) is 9.53 Å². The lowest BCUT2D eigenvalue weighted by atomic mass is 9.47. The lowest BCUT2D eigenvalue weighted by Gasteiger charge is -2.58. The molecule has 0 aliphatic heterocycles. The van der Waals surface area contributed by atoms with Crippen LogP contribution in [0.15, 0.2) is 23.8 Å². The van der Waals surface area contributed by atoms with E-state index in [4.69, 9.17) is 4.74 Å². The van der Waals surface area contributed by atoms with Crippen LogP contribution in [0.5, 0.6) is 0 Å². The molecule has 1 N–H and O–H groups in total. The third-order valence-electron chi connectivity index (χ3n) is 14.3. The highest BCUT2D eigenvalue weighted by molar-refractivity contribution is 5.69. The Morgan fingerprint density at radius 2 is 1.65 bits per heavy atom. The van der Waals surface area contributed by atoms with E-state index >= 15 is 0 Å². The molecule has 9 atom stereocenters. The van der Waals surface area contributed by atoms with Crippen LogP contribution in [0.3, 0.4) is 0 Å². The Morgan fingerprint density at radius 3 is 2.44 bits per heavy atom. The number of carbonyl (C=O) groups excluding carboxylic acids is 1.